The third-order valence-electron chi connectivity index (χ3n) is 1.82. The van der Waals surface area contributed by atoms with Crippen LogP contribution in [0, 0.1) is 29.0 Å². The van der Waals surface area contributed by atoms with Gasteiger partial charge in [-0.25, -0.2) is 4.39 Å². The van der Waals surface area contributed by atoms with Crippen LogP contribution in [0.15, 0.2) is 18.2 Å². The molecule has 1 aromatic rings. The highest BCUT2D eigenvalue weighted by Crippen LogP contribution is 2.08. The van der Waals surface area contributed by atoms with Crippen molar-refractivity contribution in [1.82, 2.24) is 5.32 Å². The zero-order chi connectivity index (χ0) is 11.1. The van der Waals surface area contributed by atoms with Gasteiger partial charge in [0.15, 0.2) is 0 Å². The van der Waals surface area contributed by atoms with E-state index in [1.165, 1.54) is 12.1 Å². The van der Waals surface area contributed by atoms with Gasteiger partial charge in [-0.2, -0.15) is 5.26 Å². The SMILES string of the molecule is CNCCC#Cc1ccc(C#N)cc1F. The second kappa shape index (κ2) is 5.80. The van der Waals surface area contributed by atoms with Crippen molar-refractivity contribution in [3.8, 4) is 17.9 Å². The minimum absolute atomic E-state index is 0.313. The summed E-state index contributed by atoms with van der Waals surface area (Å²) in [7, 11) is 1.84. The average molecular weight is 202 g/mol. The van der Waals surface area contributed by atoms with Crippen LogP contribution in [0.25, 0.3) is 0 Å². The highest BCUT2D eigenvalue weighted by molar-refractivity contribution is 5.41. The Morgan fingerprint density at radius 3 is 2.87 bits per heavy atom. The van der Waals surface area contributed by atoms with E-state index < -0.39 is 5.82 Å². The molecule has 76 valence electrons. The lowest BCUT2D eigenvalue weighted by atomic mass is 10.1. The number of nitrogens with one attached hydrogen (secondary N) is 1. The first-order valence-corrected chi connectivity index (χ1v) is 4.61. The fourth-order valence-electron chi connectivity index (χ4n) is 1.03. The molecular formula is C12H11FN2. The van der Waals surface area contributed by atoms with E-state index in [0.717, 1.165) is 6.54 Å². The number of nitriles is 1. The maximum absolute atomic E-state index is 13.3. The zero-order valence-electron chi connectivity index (χ0n) is 8.47. The fraction of sp³-hybridized carbons (Fsp3) is 0.250. The van der Waals surface area contributed by atoms with Crippen molar-refractivity contribution in [1.29, 1.82) is 5.26 Å². The molecule has 0 fully saturated rings. The molecule has 0 atom stereocenters. The normalized spacial score (nSPS) is 8.87. The van der Waals surface area contributed by atoms with Crippen molar-refractivity contribution < 1.29 is 4.39 Å². The molecule has 0 aliphatic carbocycles. The molecule has 1 aromatic carbocycles. The maximum Gasteiger partial charge on any atom is 0.140 e. The molecule has 0 unspecified atom stereocenters. The Hall–Kier alpha value is -1.84. The number of halogens is 1. The molecule has 2 nitrogen and oxygen atoms in total. The van der Waals surface area contributed by atoms with Crippen LogP contribution in [0.5, 0.6) is 0 Å². The van der Waals surface area contributed by atoms with Gasteiger partial charge in [-0.15, -0.1) is 0 Å². The van der Waals surface area contributed by atoms with Crippen molar-refractivity contribution in [2.24, 2.45) is 0 Å². The Bertz CT molecular complexity index is 435. The second-order valence-electron chi connectivity index (χ2n) is 2.96. The Morgan fingerprint density at radius 1 is 1.47 bits per heavy atom. The Morgan fingerprint density at radius 2 is 2.27 bits per heavy atom. The molecule has 0 saturated heterocycles. The summed E-state index contributed by atoms with van der Waals surface area (Å²) in [6.07, 6.45) is 0.677. The topological polar surface area (TPSA) is 35.8 Å². The second-order valence-corrected chi connectivity index (χ2v) is 2.96. The monoisotopic (exact) mass is 202 g/mol. The molecule has 3 heteroatoms. The van der Waals surface area contributed by atoms with Crippen LogP contribution in [0.4, 0.5) is 4.39 Å². The lowest BCUT2D eigenvalue weighted by Gasteiger charge is -1.94. The van der Waals surface area contributed by atoms with E-state index in [2.05, 4.69) is 17.2 Å². The van der Waals surface area contributed by atoms with Crippen LogP contribution in [0.2, 0.25) is 0 Å². The Kier molecular flexibility index (Phi) is 4.34. The summed E-state index contributed by atoms with van der Waals surface area (Å²) in [5.74, 6) is 5.13. The van der Waals surface area contributed by atoms with Crippen LogP contribution in [-0.2, 0) is 0 Å². The van der Waals surface area contributed by atoms with Crippen molar-refractivity contribution >= 4 is 0 Å². The summed E-state index contributed by atoms with van der Waals surface area (Å²) < 4.78 is 13.3. The number of nitrogens with zero attached hydrogens (tertiary/aromatic N) is 1. The molecule has 0 amide bonds. The molecule has 0 spiro atoms. The van der Waals surface area contributed by atoms with Gasteiger partial charge < -0.3 is 5.32 Å². The van der Waals surface area contributed by atoms with Gasteiger partial charge in [0.2, 0.25) is 0 Å². The Labute approximate surface area is 88.7 Å². The summed E-state index contributed by atoms with van der Waals surface area (Å²) in [6, 6.07) is 6.16. The molecule has 0 bridgehead atoms. The number of rotatable bonds is 2. The minimum atomic E-state index is -0.439. The summed E-state index contributed by atoms with van der Waals surface area (Å²) in [5.41, 5.74) is 0.651. The largest absolute Gasteiger partial charge is 0.319 e. The maximum atomic E-state index is 13.3. The number of hydrogen-bond acceptors (Lipinski definition) is 2. The molecular weight excluding hydrogens is 191 g/mol. The quantitative estimate of drug-likeness (QED) is 0.584. The van der Waals surface area contributed by atoms with E-state index in [4.69, 9.17) is 5.26 Å². The first kappa shape index (κ1) is 11.2. The smallest absolute Gasteiger partial charge is 0.140 e. The molecule has 15 heavy (non-hydrogen) atoms. The molecule has 1 N–H and O–H groups in total. The fourth-order valence-corrected chi connectivity index (χ4v) is 1.03. The molecule has 0 aliphatic heterocycles. The molecule has 0 heterocycles. The molecule has 0 radical (unpaired) electrons. The molecule has 0 aliphatic rings. The van der Waals surface area contributed by atoms with E-state index >= 15 is 0 Å². The zero-order valence-corrected chi connectivity index (χ0v) is 8.47. The first-order chi connectivity index (χ1) is 7.27. The Balaban J connectivity index is 2.77. The summed E-state index contributed by atoms with van der Waals surface area (Å²) in [4.78, 5) is 0. The van der Waals surface area contributed by atoms with Gasteiger partial charge in [0.1, 0.15) is 5.82 Å². The third kappa shape index (κ3) is 3.42. The third-order valence-corrected chi connectivity index (χ3v) is 1.82. The average Bonchev–Trinajstić information content (AvgIpc) is 2.26. The van der Waals surface area contributed by atoms with Crippen LogP contribution in [0.1, 0.15) is 17.5 Å². The number of benzene rings is 1. The highest BCUT2D eigenvalue weighted by Gasteiger charge is 1.99. The van der Waals surface area contributed by atoms with Gasteiger partial charge >= 0.3 is 0 Å². The molecule has 0 aromatic heterocycles. The van der Waals surface area contributed by atoms with Crippen LogP contribution in [-0.4, -0.2) is 13.6 Å². The van der Waals surface area contributed by atoms with E-state index in [9.17, 15) is 4.39 Å². The van der Waals surface area contributed by atoms with Crippen LogP contribution in [0.3, 0.4) is 0 Å². The number of hydrogen-bond donors (Lipinski definition) is 1. The van der Waals surface area contributed by atoms with Gasteiger partial charge in [0.05, 0.1) is 17.2 Å². The van der Waals surface area contributed by atoms with Gasteiger partial charge in [-0.1, -0.05) is 11.8 Å². The van der Waals surface area contributed by atoms with Gasteiger partial charge in [-0.05, 0) is 25.2 Å². The van der Waals surface area contributed by atoms with Crippen LogP contribution >= 0.6 is 0 Å². The van der Waals surface area contributed by atoms with Crippen molar-refractivity contribution in [2.45, 2.75) is 6.42 Å². The van der Waals surface area contributed by atoms with Crippen molar-refractivity contribution in [3.63, 3.8) is 0 Å². The summed E-state index contributed by atoms with van der Waals surface area (Å²) >= 11 is 0. The van der Waals surface area contributed by atoms with Crippen LogP contribution < -0.4 is 5.32 Å². The summed E-state index contributed by atoms with van der Waals surface area (Å²) in [6.45, 7) is 0.783. The lowest BCUT2D eigenvalue weighted by Crippen LogP contribution is -2.05. The summed E-state index contributed by atoms with van der Waals surface area (Å²) in [5, 5.41) is 11.5. The van der Waals surface area contributed by atoms with E-state index in [-0.39, 0.29) is 0 Å². The van der Waals surface area contributed by atoms with E-state index in [1.807, 2.05) is 13.1 Å². The molecule has 0 saturated carbocycles. The van der Waals surface area contributed by atoms with Gasteiger partial charge in [0.25, 0.3) is 0 Å². The van der Waals surface area contributed by atoms with Crippen molar-refractivity contribution in [3.05, 3.63) is 35.1 Å². The van der Waals surface area contributed by atoms with Crippen molar-refractivity contribution in [2.75, 3.05) is 13.6 Å². The van der Waals surface area contributed by atoms with E-state index in [0.29, 0.717) is 17.5 Å². The van der Waals surface area contributed by atoms with Gasteiger partial charge in [-0.3, -0.25) is 0 Å². The lowest BCUT2D eigenvalue weighted by molar-refractivity contribution is 0.624. The minimum Gasteiger partial charge on any atom is -0.319 e. The predicted octanol–water partition coefficient (Wildman–Crippen LogP) is 1.66. The van der Waals surface area contributed by atoms with E-state index in [1.54, 1.807) is 6.07 Å². The standard InChI is InChI=1S/C12H11FN2/c1-15-7-3-2-4-11-6-5-10(9-14)8-12(11)13/h5-6,8,15H,3,7H2,1H3. The predicted molar refractivity (Wildman–Crippen MR) is 56.5 cm³/mol. The van der Waals surface area contributed by atoms with Gasteiger partial charge in [0, 0.05) is 13.0 Å². The highest BCUT2D eigenvalue weighted by atomic mass is 19.1. The first-order valence-electron chi connectivity index (χ1n) is 4.61. The molecule has 1 rings (SSSR count).